The molecule has 0 aromatic heterocycles. The van der Waals surface area contributed by atoms with Crippen molar-refractivity contribution < 1.29 is 4.79 Å². The van der Waals surface area contributed by atoms with Gasteiger partial charge in [-0.15, -0.1) is 0 Å². The molecule has 2 nitrogen and oxygen atoms in total. The third-order valence-corrected chi connectivity index (χ3v) is 3.04. The number of hydrogen-bond donors (Lipinski definition) is 0. The van der Waals surface area contributed by atoms with Crippen LogP contribution in [0.1, 0.15) is 25.8 Å². The van der Waals surface area contributed by atoms with Gasteiger partial charge in [0.1, 0.15) is 0 Å². The number of hydrogen-bond acceptors (Lipinski definition) is 1. The zero-order valence-electron chi connectivity index (χ0n) is 9.46. The van der Waals surface area contributed by atoms with Gasteiger partial charge in [-0.05, 0) is 24.1 Å². The van der Waals surface area contributed by atoms with Crippen LogP contribution in [0.3, 0.4) is 0 Å². The fourth-order valence-electron chi connectivity index (χ4n) is 1.48. The minimum atomic E-state index is 0.0768. The van der Waals surface area contributed by atoms with Crippen molar-refractivity contribution in [3.8, 4) is 0 Å². The summed E-state index contributed by atoms with van der Waals surface area (Å²) in [4.78, 5) is 13.1. The predicted octanol–water partition coefficient (Wildman–Crippen LogP) is 3.75. The molecule has 0 unspecified atom stereocenters. The first-order valence-electron chi connectivity index (χ1n) is 5.24. The molecule has 16 heavy (non-hydrogen) atoms. The Hall–Kier alpha value is -0.730. The molecule has 1 rings (SSSR count). The molecule has 1 amide bonds. The summed E-state index contributed by atoms with van der Waals surface area (Å²) < 4.78 is 0. The van der Waals surface area contributed by atoms with Gasteiger partial charge in [-0.25, -0.2) is 0 Å². The summed E-state index contributed by atoms with van der Waals surface area (Å²) in [6.07, 6.45) is 0.945. The molecule has 0 spiro atoms. The Morgan fingerprint density at radius 1 is 1.31 bits per heavy atom. The maximum Gasteiger partial charge on any atom is 0.219 e. The molecular formula is C12H15Cl2NO. The minimum absolute atomic E-state index is 0.0768. The standard InChI is InChI=1S/C12H15Cl2NO/c1-3-6-15(9(2)16)8-10-4-5-11(13)12(14)7-10/h4-5,7H,3,6,8H2,1-2H3. The first kappa shape index (κ1) is 13.3. The van der Waals surface area contributed by atoms with Gasteiger partial charge in [0.25, 0.3) is 0 Å². The zero-order valence-corrected chi connectivity index (χ0v) is 11.0. The van der Waals surface area contributed by atoms with Crippen LogP contribution in [0.15, 0.2) is 18.2 Å². The van der Waals surface area contributed by atoms with Crippen molar-refractivity contribution in [2.75, 3.05) is 6.54 Å². The van der Waals surface area contributed by atoms with E-state index in [1.54, 1.807) is 24.0 Å². The Labute approximate surface area is 106 Å². The lowest BCUT2D eigenvalue weighted by molar-refractivity contribution is -0.129. The van der Waals surface area contributed by atoms with Crippen molar-refractivity contribution in [1.29, 1.82) is 0 Å². The quantitative estimate of drug-likeness (QED) is 0.807. The summed E-state index contributed by atoms with van der Waals surface area (Å²) >= 11 is 11.7. The van der Waals surface area contributed by atoms with Crippen LogP contribution in [-0.4, -0.2) is 17.4 Å². The van der Waals surface area contributed by atoms with Crippen LogP contribution >= 0.6 is 23.2 Å². The fourth-order valence-corrected chi connectivity index (χ4v) is 1.80. The van der Waals surface area contributed by atoms with Gasteiger partial charge in [-0.2, -0.15) is 0 Å². The highest BCUT2D eigenvalue weighted by atomic mass is 35.5. The molecule has 1 aromatic rings. The highest BCUT2D eigenvalue weighted by Gasteiger charge is 2.09. The normalized spacial score (nSPS) is 10.2. The lowest BCUT2D eigenvalue weighted by Gasteiger charge is -2.20. The Bertz CT molecular complexity index is 379. The van der Waals surface area contributed by atoms with Crippen molar-refractivity contribution in [1.82, 2.24) is 4.90 Å². The number of halogens is 2. The van der Waals surface area contributed by atoms with E-state index in [2.05, 4.69) is 0 Å². The summed E-state index contributed by atoms with van der Waals surface area (Å²) in [5.41, 5.74) is 0.998. The number of nitrogens with zero attached hydrogens (tertiary/aromatic N) is 1. The summed E-state index contributed by atoms with van der Waals surface area (Å²) in [5.74, 6) is 0.0768. The van der Waals surface area contributed by atoms with E-state index in [9.17, 15) is 4.79 Å². The van der Waals surface area contributed by atoms with E-state index in [4.69, 9.17) is 23.2 Å². The van der Waals surface area contributed by atoms with Gasteiger partial charge < -0.3 is 4.90 Å². The third-order valence-electron chi connectivity index (χ3n) is 2.30. The number of rotatable bonds is 4. The molecule has 0 bridgehead atoms. The Morgan fingerprint density at radius 3 is 2.50 bits per heavy atom. The van der Waals surface area contributed by atoms with Gasteiger partial charge in [-0.1, -0.05) is 36.2 Å². The first-order valence-corrected chi connectivity index (χ1v) is 5.99. The lowest BCUT2D eigenvalue weighted by Crippen LogP contribution is -2.28. The molecule has 0 radical (unpaired) electrons. The minimum Gasteiger partial charge on any atom is -0.339 e. The molecule has 0 saturated heterocycles. The molecule has 88 valence electrons. The molecule has 0 fully saturated rings. The van der Waals surface area contributed by atoms with Crippen LogP contribution in [0.2, 0.25) is 10.0 Å². The first-order chi connectivity index (χ1) is 7.54. The van der Waals surface area contributed by atoms with Crippen molar-refractivity contribution in [2.45, 2.75) is 26.8 Å². The van der Waals surface area contributed by atoms with E-state index in [1.807, 2.05) is 13.0 Å². The average Bonchev–Trinajstić information content (AvgIpc) is 2.22. The second-order valence-corrected chi connectivity index (χ2v) is 4.50. The molecule has 0 saturated carbocycles. The smallest absolute Gasteiger partial charge is 0.219 e. The Kier molecular flexibility index (Phi) is 5.10. The van der Waals surface area contributed by atoms with E-state index in [1.165, 1.54) is 0 Å². The maximum absolute atomic E-state index is 11.4. The lowest BCUT2D eigenvalue weighted by atomic mass is 10.2. The molecule has 4 heteroatoms. The second kappa shape index (κ2) is 6.12. The summed E-state index contributed by atoms with van der Waals surface area (Å²) in [5, 5.41) is 1.06. The van der Waals surface area contributed by atoms with E-state index in [-0.39, 0.29) is 5.91 Å². The van der Waals surface area contributed by atoms with Crippen LogP contribution in [0.25, 0.3) is 0 Å². The van der Waals surface area contributed by atoms with Crippen molar-refractivity contribution in [3.63, 3.8) is 0 Å². The average molecular weight is 260 g/mol. The highest BCUT2D eigenvalue weighted by Crippen LogP contribution is 2.23. The predicted molar refractivity (Wildman–Crippen MR) is 67.8 cm³/mol. The van der Waals surface area contributed by atoms with E-state index in [0.717, 1.165) is 18.5 Å². The monoisotopic (exact) mass is 259 g/mol. The van der Waals surface area contributed by atoms with Crippen LogP contribution in [0.4, 0.5) is 0 Å². The Balaban J connectivity index is 2.77. The number of carbonyl (C=O) groups is 1. The second-order valence-electron chi connectivity index (χ2n) is 3.69. The van der Waals surface area contributed by atoms with Crippen molar-refractivity contribution >= 4 is 29.1 Å². The van der Waals surface area contributed by atoms with Crippen LogP contribution < -0.4 is 0 Å². The van der Waals surface area contributed by atoms with E-state index >= 15 is 0 Å². The Morgan fingerprint density at radius 2 is 2.00 bits per heavy atom. The zero-order chi connectivity index (χ0) is 12.1. The van der Waals surface area contributed by atoms with E-state index in [0.29, 0.717) is 16.6 Å². The summed E-state index contributed by atoms with van der Waals surface area (Å²) in [6, 6.07) is 5.44. The SMILES string of the molecule is CCCN(Cc1ccc(Cl)c(Cl)c1)C(C)=O. The number of carbonyl (C=O) groups excluding carboxylic acids is 1. The summed E-state index contributed by atoms with van der Waals surface area (Å²) in [7, 11) is 0. The van der Waals surface area contributed by atoms with E-state index < -0.39 is 0 Å². The highest BCUT2D eigenvalue weighted by molar-refractivity contribution is 6.42. The third kappa shape index (κ3) is 3.69. The van der Waals surface area contributed by atoms with Crippen molar-refractivity contribution in [2.24, 2.45) is 0 Å². The molecule has 0 N–H and O–H groups in total. The van der Waals surface area contributed by atoms with Gasteiger partial charge in [0.05, 0.1) is 10.0 Å². The topological polar surface area (TPSA) is 20.3 Å². The number of amides is 1. The largest absolute Gasteiger partial charge is 0.339 e. The van der Waals surface area contributed by atoms with Gasteiger partial charge in [0.15, 0.2) is 0 Å². The van der Waals surface area contributed by atoms with Gasteiger partial charge in [0.2, 0.25) is 5.91 Å². The summed E-state index contributed by atoms with van der Waals surface area (Å²) in [6.45, 7) is 4.97. The molecule has 0 aliphatic heterocycles. The molecular weight excluding hydrogens is 245 g/mol. The van der Waals surface area contributed by atoms with Crippen LogP contribution in [0, 0.1) is 0 Å². The van der Waals surface area contributed by atoms with Crippen LogP contribution in [-0.2, 0) is 11.3 Å². The van der Waals surface area contributed by atoms with Crippen LogP contribution in [0.5, 0.6) is 0 Å². The van der Waals surface area contributed by atoms with Gasteiger partial charge in [-0.3, -0.25) is 4.79 Å². The maximum atomic E-state index is 11.4. The molecule has 0 aliphatic rings. The number of benzene rings is 1. The molecule has 0 atom stereocenters. The van der Waals surface area contributed by atoms with Gasteiger partial charge >= 0.3 is 0 Å². The van der Waals surface area contributed by atoms with Gasteiger partial charge in [0, 0.05) is 20.0 Å². The molecule has 0 heterocycles. The van der Waals surface area contributed by atoms with Crippen molar-refractivity contribution in [3.05, 3.63) is 33.8 Å². The molecule has 1 aromatic carbocycles. The fraction of sp³-hybridized carbons (Fsp3) is 0.417. The molecule has 0 aliphatic carbocycles.